The summed E-state index contributed by atoms with van der Waals surface area (Å²) in [6.45, 7) is 3.23. The molecule has 0 bridgehead atoms. The van der Waals surface area contributed by atoms with Crippen molar-refractivity contribution in [2.24, 2.45) is 0 Å². The molecule has 0 spiro atoms. The smallest absolute Gasteiger partial charge is 0.246 e. The van der Waals surface area contributed by atoms with E-state index in [-0.39, 0.29) is 23.8 Å². The molecule has 1 aliphatic heterocycles. The number of hydrogen-bond acceptors (Lipinski definition) is 3. The summed E-state index contributed by atoms with van der Waals surface area (Å²) in [6.07, 6.45) is 0. The van der Waals surface area contributed by atoms with E-state index < -0.39 is 0 Å². The van der Waals surface area contributed by atoms with E-state index in [1.807, 2.05) is 25.9 Å². The number of anilines is 1. The van der Waals surface area contributed by atoms with Gasteiger partial charge in [-0.25, -0.2) is 4.39 Å². The first-order valence-corrected chi connectivity index (χ1v) is 6.48. The Morgan fingerprint density at radius 2 is 2.11 bits per heavy atom. The van der Waals surface area contributed by atoms with Crippen LogP contribution in [-0.2, 0) is 4.79 Å². The average molecular weight is 265 g/mol. The highest BCUT2D eigenvalue weighted by Crippen LogP contribution is 2.26. The number of amides is 1. The van der Waals surface area contributed by atoms with E-state index in [2.05, 4.69) is 5.32 Å². The van der Waals surface area contributed by atoms with Crippen LogP contribution < -0.4 is 10.2 Å². The molecular formula is C14H20FN3O. The highest BCUT2D eigenvalue weighted by Gasteiger charge is 2.37. The number of hydrogen-bond donors (Lipinski definition) is 1. The van der Waals surface area contributed by atoms with Gasteiger partial charge in [0.1, 0.15) is 11.9 Å². The van der Waals surface area contributed by atoms with Crippen molar-refractivity contribution >= 4 is 11.6 Å². The number of carbonyl (C=O) groups excluding carboxylic acids is 1. The molecule has 1 aliphatic rings. The molecule has 4 nitrogen and oxygen atoms in total. The van der Waals surface area contributed by atoms with Crippen molar-refractivity contribution in [2.75, 3.05) is 32.1 Å². The Morgan fingerprint density at radius 3 is 2.74 bits per heavy atom. The van der Waals surface area contributed by atoms with Crippen LogP contribution in [0.5, 0.6) is 0 Å². The number of likely N-dealkylation sites (N-methyl/N-ethyl adjacent to an activating group) is 2. The summed E-state index contributed by atoms with van der Waals surface area (Å²) in [5.74, 6) is -0.406. The summed E-state index contributed by atoms with van der Waals surface area (Å²) in [5, 5.41) is 3.02. The zero-order valence-corrected chi connectivity index (χ0v) is 11.6. The van der Waals surface area contributed by atoms with E-state index in [1.165, 1.54) is 6.07 Å². The third-order valence-corrected chi connectivity index (χ3v) is 3.56. The van der Waals surface area contributed by atoms with Gasteiger partial charge in [0.05, 0.1) is 5.69 Å². The minimum Gasteiger partial charge on any atom is -0.318 e. The fourth-order valence-electron chi connectivity index (χ4n) is 2.63. The van der Waals surface area contributed by atoms with E-state index in [0.29, 0.717) is 12.2 Å². The highest BCUT2D eigenvalue weighted by molar-refractivity contribution is 5.98. The standard InChI is InChI=1S/C14H20FN3O/c1-10-9-17(3)13(8-16-2)14(19)18(10)12-7-5-4-6-11(12)15/h4-7,10,13,16H,8-9H2,1-3H3. The van der Waals surface area contributed by atoms with Crippen molar-refractivity contribution in [1.82, 2.24) is 10.2 Å². The first-order chi connectivity index (χ1) is 9.06. The van der Waals surface area contributed by atoms with E-state index in [0.717, 1.165) is 6.54 Å². The molecule has 2 unspecified atom stereocenters. The summed E-state index contributed by atoms with van der Waals surface area (Å²) in [6, 6.07) is 6.15. The predicted molar refractivity (Wildman–Crippen MR) is 73.7 cm³/mol. The molecule has 1 aromatic carbocycles. The van der Waals surface area contributed by atoms with Crippen molar-refractivity contribution in [2.45, 2.75) is 19.0 Å². The van der Waals surface area contributed by atoms with Gasteiger partial charge in [0.2, 0.25) is 5.91 Å². The van der Waals surface area contributed by atoms with Crippen LogP contribution in [0.2, 0.25) is 0 Å². The summed E-state index contributed by atoms with van der Waals surface area (Å²) < 4.78 is 13.9. The van der Waals surface area contributed by atoms with Gasteiger partial charge in [-0.15, -0.1) is 0 Å². The number of benzene rings is 1. The van der Waals surface area contributed by atoms with E-state index in [4.69, 9.17) is 0 Å². The van der Waals surface area contributed by atoms with Gasteiger partial charge in [0.15, 0.2) is 0 Å². The Balaban J connectivity index is 2.33. The number of carbonyl (C=O) groups is 1. The fourth-order valence-corrected chi connectivity index (χ4v) is 2.63. The van der Waals surface area contributed by atoms with Crippen LogP contribution in [0.1, 0.15) is 6.92 Å². The summed E-state index contributed by atoms with van der Waals surface area (Å²) >= 11 is 0. The van der Waals surface area contributed by atoms with Crippen LogP contribution in [0.3, 0.4) is 0 Å². The van der Waals surface area contributed by atoms with Crippen molar-refractivity contribution in [3.63, 3.8) is 0 Å². The topological polar surface area (TPSA) is 35.6 Å². The molecule has 1 heterocycles. The second kappa shape index (κ2) is 5.67. The lowest BCUT2D eigenvalue weighted by Gasteiger charge is -2.43. The monoisotopic (exact) mass is 265 g/mol. The highest BCUT2D eigenvalue weighted by atomic mass is 19.1. The summed E-state index contributed by atoms with van der Waals surface area (Å²) in [4.78, 5) is 16.2. The van der Waals surface area contributed by atoms with Crippen molar-refractivity contribution < 1.29 is 9.18 Å². The minimum absolute atomic E-state index is 0.0393. The number of para-hydroxylation sites is 1. The zero-order valence-electron chi connectivity index (χ0n) is 11.6. The van der Waals surface area contributed by atoms with Gasteiger partial charge in [-0.1, -0.05) is 12.1 Å². The normalized spacial score (nSPS) is 24.8. The second-order valence-electron chi connectivity index (χ2n) is 5.02. The van der Waals surface area contributed by atoms with E-state index >= 15 is 0 Å². The number of nitrogens with one attached hydrogen (secondary N) is 1. The molecule has 0 aromatic heterocycles. The maximum Gasteiger partial charge on any atom is 0.246 e. The molecular weight excluding hydrogens is 245 g/mol. The quantitative estimate of drug-likeness (QED) is 0.888. The minimum atomic E-state index is -0.351. The lowest BCUT2D eigenvalue weighted by atomic mass is 10.1. The molecule has 1 N–H and O–H groups in total. The van der Waals surface area contributed by atoms with Crippen LogP contribution in [0, 0.1) is 5.82 Å². The van der Waals surface area contributed by atoms with Crippen LogP contribution in [0.15, 0.2) is 24.3 Å². The molecule has 5 heteroatoms. The summed E-state index contributed by atoms with van der Waals surface area (Å²) in [5.41, 5.74) is 0.370. The molecule has 0 aliphatic carbocycles. The van der Waals surface area contributed by atoms with Crippen molar-refractivity contribution in [3.05, 3.63) is 30.1 Å². The molecule has 0 saturated carbocycles. The maximum atomic E-state index is 13.9. The number of piperazine rings is 1. The zero-order chi connectivity index (χ0) is 14.0. The molecule has 1 saturated heterocycles. The van der Waals surface area contributed by atoms with Crippen LogP contribution in [0.25, 0.3) is 0 Å². The van der Waals surface area contributed by atoms with E-state index in [9.17, 15) is 9.18 Å². The largest absolute Gasteiger partial charge is 0.318 e. The third kappa shape index (κ3) is 2.62. The molecule has 19 heavy (non-hydrogen) atoms. The second-order valence-corrected chi connectivity index (χ2v) is 5.02. The van der Waals surface area contributed by atoms with Gasteiger partial charge < -0.3 is 10.2 Å². The Labute approximate surface area is 113 Å². The lowest BCUT2D eigenvalue weighted by Crippen LogP contribution is -2.62. The number of nitrogens with zero attached hydrogens (tertiary/aromatic N) is 2. The lowest BCUT2D eigenvalue weighted by molar-refractivity contribution is -0.126. The molecule has 2 rings (SSSR count). The maximum absolute atomic E-state index is 13.9. The first kappa shape index (κ1) is 14.0. The Bertz CT molecular complexity index is 466. The Kier molecular flexibility index (Phi) is 4.17. The fraction of sp³-hybridized carbons (Fsp3) is 0.500. The average Bonchev–Trinajstić information content (AvgIpc) is 2.36. The van der Waals surface area contributed by atoms with Crippen LogP contribution in [-0.4, -0.2) is 50.1 Å². The Morgan fingerprint density at radius 1 is 1.42 bits per heavy atom. The molecule has 0 radical (unpaired) electrons. The molecule has 1 aromatic rings. The van der Waals surface area contributed by atoms with Gasteiger partial charge in [-0.2, -0.15) is 0 Å². The molecule has 2 atom stereocenters. The number of halogens is 1. The first-order valence-electron chi connectivity index (χ1n) is 6.48. The third-order valence-electron chi connectivity index (χ3n) is 3.56. The number of rotatable bonds is 3. The molecule has 1 amide bonds. The van der Waals surface area contributed by atoms with Gasteiger partial charge in [-0.3, -0.25) is 9.69 Å². The SMILES string of the molecule is CNCC1C(=O)N(c2ccccc2F)C(C)CN1C. The van der Waals surface area contributed by atoms with Crippen molar-refractivity contribution in [1.29, 1.82) is 0 Å². The van der Waals surface area contributed by atoms with Gasteiger partial charge in [0, 0.05) is 19.1 Å². The van der Waals surface area contributed by atoms with E-state index in [1.54, 1.807) is 23.1 Å². The Hall–Kier alpha value is -1.46. The van der Waals surface area contributed by atoms with Gasteiger partial charge >= 0.3 is 0 Å². The molecule has 104 valence electrons. The van der Waals surface area contributed by atoms with Crippen molar-refractivity contribution in [3.8, 4) is 0 Å². The molecule has 1 fully saturated rings. The predicted octanol–water partition coefficient (Wildman–Crippen LogP) is 1.08. The van der Waals surface area contributed by atoms with Crippen LogP contribution >= 0.6 is 0 Å². The van der Waals surface area contributed by atoms with Gasteiger partial charge in [0.25, 0.3) is 0 Å². The summed E-state index contributed by atoms with van der Waals surface area (Å²) in [7, 11) is 3.74. The van der Waals surface area contributed by atoms with Crippen LogP contribution in [0.4, 0.5) is 10.1 Å². The van der Waals surface area contributed by atoms with Gasteiger partial charge in [-0.05, 0) is 33.2 Å².